The van der Waals surface area contributed by atoms with Crippen molar-refractivity contribution >= 4 is 29.3 Å². The van der Waals surface area contributed by atoms with Crippen LogP contribution in [0.5, 0.6) is 0 Å². The number of benzene rings is 1. The first-order valence-corrected chi connectivity index (χ1v) is 8.69. The van der Waals surface area contributed by atoms with E-state index < -0.39 is 6.04 Å². The second-order valence-corrected chi connectivity index (χ2v) is 6.54. The van der Waals surface area contributed by atoms with E-state index in [2.05, 4.69) is 5.32 Å². The fourth-order valence-electron chi connectivity index (χ4n) is 2.18. The smallest absolute Gasteiger partial charge is 0.308 e. The number of thiophene rings is 1. The number of carbonyl (C=O) groups is 2. The Hall–Kier alpha value is -2.40. The first kappa shape index (κ1) is 17.9. The van der Waals surface area contributed by atoms with Crippen LogP contribution >= 0.6 is 11.3 Å². The zero-order valence-corrected chi connectivity index (χ0v) is 14.6. The van der Waals surface area contributed by atoms with Crippen LogP contribution in [-0.2, 0) is 14.3 Å². The molecule has 1 unspecified atom stereocenters. The van der Waals surface area contributed by atoms with E-state index in [0.717, 1.165) is 10.4 Å². The number of hydrogen-bond acceptors (Lipinski definition) is 4. The van der Waals surface area contributed by atoms with E-state index in [-0.39, 0.29) is 24.4 Å². The molecule has 1 N–H and O–H groups in total. The summed E-state index contributed by atoms with van der Waals surface area (Å²) >= 11 is 1.56. The molecule has 2 rings (SSSR count). The molecule has 1 aromatic heterocycles. The highest BCUT2D eigenvalue weighted by Crippen LogP contribution is 2.18. The van der Waals surface area contributed by atoms with Gasteiger partial charge in [-0.2, -0.15) is 0 Å². The van der Waals surface area contributed by atoms with Gasteiger partial charge in [0.05, 0.1) is 18.6 Å². The Morgan fingerprint density at radius 1 is 1.17 bits per heavy atom. The largest absolute Gasteiger partial charge is 0.463 e. The standard InChI is InChI=1S/C19H21NO3S/c1-14(2)23-19(22)13-17(15-7-4-3-5-8-15)20-18(21)11-10-16-9-6-12-24-16/h3-12,14,17H,13H2,1-2H3,(H,20,21)/b11-10+. The minimum Gasteiger partial charge on any atom is -0.463 e. The third-order valence-corrected chi connectivity index (χ3v) is 4.04. The van der Waals surface area contributed by atoms with Crippen LogP contribution in [0.4, 0.5) is 0 Å². The lowest BCUT2D eigenvalue weighted by Gasteiger charge is -2.18. The van der Waals surface area contributed by atoms with Gasteiger partial charge in [-0.05, 0) is 36.9 Å². The Labute approximate surface area is 146 Å². The molecule has 126 valence electrons. The van der Waals surface area contributed by atoms with E-state index in [1.54, 1.807) is 31.3 Å². The molecule has 0 fully saturated rings. The molecule has 2 aromatic rings. The quantitative estimate of drug-likeness (QED) is 0.611. The number of carbonyl (C=O) groups excluding carboxylic acids is 2. The minimum absolute atomic E-state index is 0.0980. The zero-order chi connectivity index (χ0) is 17.4. The molecule has 0 aliphatic carbocycles. The van der Waals surface area contributed by atoms with E-state index in [9.17, 15) is 9.59 Å². The Balaban J connectivity index is 2.05. The van der Waals surface area contributed by atoms with Crippen molar-refractivity contribution in [3.05, 3.63) is 64.4 Å². The van der Waals surface area contributed by atoms with Gasteiger partial charge in [0, 0.05) is 11.0 Å². The van der Waals surface area contributed by atoms with Crippen molar-refractivity contribution in [3.63, 3.8) is 0 Å². The summed E-state index contributed by atoms with van der Waals surface area (Å²) in [5.41, 5.74) is 0.871. The topological polar surface area (TPSA) is 55.4 Å². The highest BCUT2D eigenvalue weighted by molar-refractivity contribution is 7.10. The average molecular weight is 343 g/mol. The summed E-state index contributed by atoms with van der Waals surface area (Å²) in [6, 6.07) is 12.9. The van der Waals surface area contributed by atoms with Gasteiger partial charge in [0.2, 0.25) is 5.91 Å². The molecule has 0 radical (unpaired) electrons. The summed E-state index contributed by atoms with van der Waals surface area (Å²) in [4.78, 5) is 25.2. The van der Waals surface area contributed by atoms with Gasteiger partial charge >= 0.3 is 5.97 Å². The Kier molecular flexibility index (Phi) is 6.75. The molecule has 24 heavy (non-hydrogen) atoms. The Morgan fingerprint density at radius 3 is 2.54 bits per heavy atom. The first-order chi connectivity index (χ1) is 11.5. The van der Waals surface area contributed by atoms with Crippen molar-refractivity contribution in [2.45, 2.75) is 32.4 Å². The summed E-state index contributed by atoms with van der Waals surface area (Å²) in [5, 5.41) is 4.83. The average Bonchev–Trinajstić information content (AvgIpc) is 3.06. The van der Waals surface area contributed by atoms with Crippen LogP contribution in [0.25, 0.3) is 6.08 Å². The lowest BCUT2D eigenvalue weighted by molar-refractivity contribution is -0.148. The molecule has 0 aliphatic rings. The monoisotopic (exact) mass is 343 g/mol. The number of esters is 1. The Bertz CT molecular complexity index is 678. The SMILES string of the molecule is CC(C)OC(=O)CC(NC(=O)/C=C/c1cccs1)c1ccccc1. The number of hydrogen-bond donors (Lipinski definition) is 1. The lowest BCUT2D eigenvalue weighted by atomic mass is 10.0. The van der Waals surface area contributed by atoms with Crippen LogP contribution in [-0.4, -0.2) is 18.0 Å². The van der Waals surface area contributed by atoms with Crippen LogP contribution in [0.2, 0.25) is 0 Å². The fourth-order valence-corrected chi connectivity index (χ4v) is 2.80. The molecular weight excluding hydrogens is 322 g/mol. The molecule has 1 aromatic carbocycles. The second-order valence-electron chi connectivity index (χ2n) is 5.56. The molecule has 4 nitrogen and oxygen atoms in total. The third-order valence-electron chi connectivity index (χ3n) is 3.20. The molecule has 1 heterocycles. The van der Waals surface area contributed by atoms with Gasteiger partial charge < -0.3 is 10.1 Å². The van der Waals surface area contributed by atoms with Crippen LogP contribution in [0.3, 0.4) is 0 Å². The van der Waals surface area contributed by atoms with Gasteiger partial charge in [-0.25, -0.2) is 0 Å². The molecule has 0 saturated heterocycles. The molecular formula is C19H21NO3S. The van der Waals surface area contributed by atoms with E-state index >= 15 is 0 Å². The summed E-state index contributed by atoms with van der Waals surface area (Å²) in [6.45, 7) is 3.61. The van der Waals surface area contributed by atoms with Crippen LogP contribution in [0.1, 0.15) is 36.8 Å². The van der Waals surface area contributed by atoms with Gasteiger partial charge in [0.15, 0.2) is 0 Å². The van der Waals surface area contributed by atoms with E-state index in [1.807, 2.05) is 47.8 Å². The van der Waals surface area contributed by atoms with Gasteiger partial charge in [-0.1, -0.05) is 36.4 Å². The number of nitrogens with one attached hydrogen (secondary N) is 1. The van der Waals surface area contributed by atoms with Crippen molar-refractivity contribution in [1.29, 1.82) is 0 Å². The maximum atomic E-state index is 12.2. The molecule has 0 bridgehead atoms. The summed E-state index contributed by atoms with van der Waals surface area (Å²) in [6.07, 6.45) is 3.16. The molecule has 5 heteroatoms. The van der Waals surface area contributed by atoms with Crippen LogP contribution < -0.4 is 5.32 Å². The Morgan fingerprint density at radius 2 is 1.92 bits per heavy atom. The summed E-state index contributed by atoms with van der Waals surface area (Å²) < 4.78 is 5.20. The highest BCUT2D eigenvalue weighted by atomic mass is 32.1. The molecule has 0 aliphatic heterocycles. The van der Waals surface area contributed by atoms with Crippen molar-refractivity contribution in [2.75, 3.05) is 0 Å². The molecule has 1 amide bonds. The maximum absolute atomic E-state index is 12.2. The lowest BCUT2D eigenvalue weighted by Crippen LogP contribution is -2.29. The van der Waals surface area contributed by atoms with E-state index in [0.29, 0.717) is 0 Å². The highest BCUT2D eigenvalue weighted by Gasteiger charge is 2.19. The normalized spacial score (nSPS) is 12.3. The van der Waals surface area contributed by atoms with Gasteiger partial charge in [0.1, 0.15) is 0 Å². The van der Waals surface area contributed by atoms with Gasteiger partial charge in [0.25, 0.3) is 0 Å². The zero-order valence-electron chi connectivity index (χ0n) is 13.8. The van der Waals surface area contributed by atoms with Crippen molar-refractivity contribution in [1.82, 2.24) is 5.32 Å². The van der Waals surface area contributed by atoms with Crippen LogP contribution in [0.15, 0.2) is 53.9 Å². The molecule has 0 spiro atoms. The van der Waals surface area contributed by atoms with Gasteiger partial charge in [-0.3, -0.25) is 9.59 Å². The fraction of sp³-hybridized carbons (Fsp3) is 0.263. The predicted octanol–water partition coefficient (Wildman–Crippen LogP) is 3.96. The van der Waals surface area contributed by atoms with Gasteiger partial charge in [-0.15, -0.1) is 11.3 Å². The van der Waals surface area contributed by atoms with Crippen molar-refractivity contribution in [3.8, 4) is 0 Å². The summed E-state index contributed by atoms with van der Waals surface area (Å²) in [5.74, 6) is -0.573. The predicted molar refractivity (Wildman–Crippen MR) is 96.5 cm³/mol. The summed E-state index contributed by atoms with van der Waals surface area (Å²) in [7, 11) is 0. The minimum atomic E-state index is -0.419. The number of rotatable bonds is 7. The van der Waals surface area contributed by atoms with E-state index in [4.69, 9.17) is 4.74 Å². The molecule has 1 atom stereocenters. The maximum Gasteiger partial charge on any atom is 0.308 e. The number of amides is 1. The van der Waals surface area contributed by atoms with Crippen molar-refractivity contribution < 1.29 is 14.3 Å². The van der Waals surface area contributed by atoms with Crippen LogP contribution in [0, 0.1) is 0 Å². The van der Waals surface area contributed by atoms with Crippen molar-refractivity contribution in [2.24, 2.45) is 0 Å². The third kappa shape index (κ3) is 6.01. The number of ether oxygens (including phenoxy) is 1. The first-order valence-electron chi connectivity index (χ1n) is 7.81. The second kappa shape index (κ2) is 9.03. The van der Waals surface area contributed by atoms with E-state index in [1.165, 1.54) is 6.08 Å². The molecule has 0 saturated carbocycles.